The maximum atomic E-state index is 13.8. The number of hydrogen-bond donors (Lipinski definition) is 4. The van der Waals surface area contributed by atoms with Crippen LogP contribution in [0.4, 0.5) is 20.2 Å². The van der Waals surface area contributed by atoms with Crippen molar-refractivity contribution in [2.45, 2.75) is 51.6 Å². The summed E-state index contributed by atoms with van der Waals surface area (Å²) in [6.45, 7) is 6.95. The third-order valence-electron chi connectivity index (χ3n) is 6.85. The fourth-order valence-electron chi connectivity index (χ4n) is 4.52. The van der Waals surface area contributed by atoms with Crippen molar-refractivity contribution in [3.8, 4) is 6.07 Å². The smallest absolute Gasteiger partial charge is 0.262 e. The minimum Gasteiger partial charge on any atom is -0.383 e. The molecule has 0 bridgehead atoms. The van der Waals surface area contributed by atoms with Crippen molar-refractivity contribution in [1.29, 1.82) is 5.26 Å². The van der Waals surface area contributed by atoms with Gasteiger partial charge in [-0.3, -0.25) is 14.7 Å². The van der Waals surface area contributed by atoms with E-state index in [1.54, 1.807) is 23.1 Å². The number of halogens is 3. The van der Waals surface area contributed by atoms with E-state index in [0.29, 0.717) is 57.9 Å². The third-order valence-corrected chi connectivity index (χ3v) is 7.14. The van der Waals surface area contributed by atoms with E-state index in [4.69, 9.17) is 11.6 Å². The van der Waals surface area contributed by atoms with Crippen molar-refractivity contribution in [3.63, 3.8) is 0 Å². The first-order valence-electron chi connectivity index (χ1n) is 12.3. The van der Waals surface area contributed by atoms with Gasteiger partial charge in [0.05, 0.1) is 33.2 Å². The minimum absolute atomic E-state index is 0.0246. The van der Waals surface area contributed by atoms with E-state index in [0.717, 1.165) is 5.69 Å². The topological polar surface area (TPSA) is 106 Å². The van der Waals surface area contributed by atoms with Gasteiger partial charge in [-0.25, -0.2) is 8.78 Å². The molecule has 0 spiro atoms. The first-order valence-corrected chi connectivity index (χ1v) is 12.7. The van der Waals surface area contributed by atoms with Crippen molar-refractivity contribution in [3.05, 3.63) is 58.8 Å². The molecule has 200 valence electrons. The quantitative estimate of drug-likeness (QED) is 0.313. The van der Waals surface area contributed by atoms with Gasteiger partial charge in [-0.2, -0.15) is 10.4 Å². The molecule has 3 aromatic rings. The van der Waals surface area contributed by atoms with Gasteiger partial charge in [0.15, 0.2) is 0 Å². The maximum absolute atomic E-state index is 13.8. The number of benzene rings is 1. The fraction of sp³-hybridized carbons (Fsp3) is 0.423. The zero-order valence-electron chi connectivity index (χ0n) is 21.6. The minimum atomic E-state index is -2.48. The highest BCUT2D eigenvalue weighted by Crippen LogP contribution is 2.47. The number of hydrazine groups is 2. The number of fused-ring (bicyclic) bond motifs is 1. The molecule has 0 radical (unpaired) electrons. The van der Waals surface area contributed by atoms with Crippen LogP contribution in [0.25, 0.3) is 10.9 Å². The van der Waals surface area contributed by atoms with Crippen LogP contribution in [-0.2, 0) is 7.05 Å². The molecule has 5 rings (SSSR count). The normalized spacial score (nSPS) is 17.2. The lowest BCUT2D eigenvalue weighted by molar-refractivity contribution is 0.00911. The second kappa shape index (κ2) is 9.60. The zero-order chi connectivity index (χ0) is 27.2. The lowest BCUT2D eigenvalue weighted by Crippen LogP contribution is -2.48. The molecule has 0 amide bonds. The predicted octanol–water partition coefficient (Wildman–Crippen LogP) is 5.07. The number of nitrogens with one attached hydrogen (secondary N) is 4. The zero-order valence-corrected chi connectivity index (χ0v) is 22.4. The molecule has 2 aliphatic rings. The Morgan fingerprint density at radius 3 is 2.66 bits per heavy atom. The molecule has 1 aromatic carbocycles. The summed E-state index contributed by atoms with van der Waals surface area (Å²) >= 11 is 6.68. The van der Waals surface area contributed by atoms with Crippen LogP contribution in [0, 0.1) is 16.7 Å². The lowest BCUT2D eigenvalue weighted by Gasteiger charge is -2.25. The highest BCUT2D eigenvalue weighted by Gasteiger charge is 2.56. The largest absolute Gasteiger partial charge is 0.383 e. The van der Waals surface area contributed by atoms with Crippen LogP contribution in [0.3, 0.4) is 0 Å². The highest BCUT2D eigenvalue weighted by atomic mass is 35.5. The maximum Gasteiger partial charge on any atom is 0.262 e. The Labute approximate surface area is 224 Å². The molecule has 0 unspecified atom stereocenters. The van der Waals surface area contributed by atoms with Crippen LogP contribution in [-0.4, -0.2) is 38.3 Å². The number of nitriles is 1. The second-order valence-electron chi connectivity index (χ2n) is 11.0. The molecule has 1 atom stereocenters. The van der Waals surface area contributed by atoms with E-state index in [1.807, 2.05) is 19.2 Å². The van der Waals surface area contributed by atoms with Crippen LogP contribution in [0.5, 0.6) is 0 Å². The summed E-state index contributed by atoms with van der Waals surface area (Å²) in [4.78, 5) is 4.43. The van der Waals surface area contributed by atoms with Crippen LogP contribution in [0.2, 0.25) is 5.02 Å². The van der Waals surface area contributed by atoms with Gasteiger partial charge in [-0.05, 0) is 36.5 Å². The van der Waals surface area contributed by atoms with E-state index in [9.17, 15) is 14.0 Å². The van der Waals surface area contributed by atoms with Crippen molar-refractivity contribution in [1.82, 2.24) is 30.7 Å². The fourth-order valence-corrected chi connectivity index (χ4v) is 4.79. The summed E-state index contributed by atoms with van der Waals surface area (Å²) in [7, 11) is 1.82. The molecule has 4 N–H and O–H groups in total. The Balaban J connectivity index is 1.55. The Morgan fingerprint density at radius 2 is 2.05 bits per heavy atom. The molecule has 1 aliphatic heterocycles. The van der Waals surface area contributed by atoms with Crippen molar-refractivity contribution in [2.75, 3.05) is 17.2 Å². The van der Waals surface area contributed by atoms with Gasteiger partial charge in [-0.1, -0.05) is 32.4 Å². The van der Waals surface area contributed by atoms with Crippen LogP contribution >= 0.6 is 11.6 Å². The number of pyridine rings is 1. The molecule has 9 nitrogen and oxygen atoms in total. The Kier molecular flexibility index (Phi) is 6.57. The number of aryl methyl sites for hydroxylation is 1. The second-order valence-corrected chi connectivity index (χ2v) is 11.4. The molecule has 2 aromatic heterocycles. The third kappa shape index (κ3) is 4.81. The summed E-state index contributed by atoms with van der Waals surface area (Å²) in [5.74, 6) is 0. The molecule has 1 saturated carbocycles. The molecule has 3 heterocycles. The number of alkyl halides is 2. The molecule has 12 heteroatoms. The number of rotatable bonds is 8. The molecule has 38 heavy (non-hydrogen) atoms. The Morgan fingerprint density at radius 1 is 1.29 bits per heavy atom. The van der Waals surface area contributed by atoms with E-state index in [2.05, 4.69) is 58.5 Å². The number of aromatic nitrogens is 3. The monoisotopic (exact) mass is 541 g/mol. The van der Waals surface area contributed by atoms with Crippen molar-refractivity contribution in [2.24, 2.45) is 12.5 Å². The van der Waals surface area contributed by atoms with Crippen molar-refractivity contribution < 1.29 is 8.78 Å². The number of nitrogens with zero attached hydrogens (tertiary/aromatic N) is 5. The number of hydrogen-bond acceptors (Lipinski definition) is 8. The number of anilines is 2. The van der Waals surface area contributed by atoms with E-state index < -0.39 is 18.0 Å². The molecule has 1 fully saturated rings. The van der Waals surface area contributed by atoms with Gasteiger partial charge in [0, 0.05) is 43.3 Å². The average Bonchev–Trinajstić information content (AvgIpc) is 3.33. The van der Waals surface area contributed by atoms with Crippen molar-refractivity contribution >= 4 is 33.9 Å². The van der Waals surface area contributed by atoms with Gasteiger partial charge in [0.25, 0.3) is 6.43 Å². The van der Waals surface area contributed by atoms with Gasteiger partial charge < -0.3 is 16.1 Å². The van der Waals surface area contributed by atoms with Gasteiger partial charge in [0.1, 0.15) is 17.6 Å². The summed E-state index contributed by atoms with van der Waals surface area (Å²) in [5, 5.41) is 23.5. The van der Waals surface area contributed by atoms with Crippen LogP contribution in [0.1, 0.15) is 50.9 Å². The summed E-state index contributed by atoms with van der Waals surface area (Å²) in [5.41, 5.74) is 8.50. The highest BCUT2D eigenvalue weighted by molar-refractivity contribution is 6.35. The Bertz CT molecular complexity index is 1430. The van der Waals surface area contributed by atoms with Gasteiger partial charge in [-0.15, -0.1) is 5.53 Å². The van der Waals surface area contributed by atoms with Crippen LogP contribution in [0.15, 0.2) is 42.5 Å². The van der Waals surface area contributed by atoms with E-state index in [1.165, 1.54) is 11.2 Å². The summed E-state index contributed by atoms with van der Waals surface area (Å²) in [6.07, 6.45) is 3.22. The summed E-state index contributed by atoms with van der Waals surface area (Å²) in [6, 6.07) is 7.26. The van der Waals surface area contributed by atoms with Crippen LogP contribution < -0.4 is 21.6 Å². The SMILES string of the molecule is Cn1nccc1[C@H](Nc1cc(Cl)c2ncc(C#N)c(NCC(C)(C)C)c2c1)C1=CN(C2(C(F)F)CC2)NN1. The summed E-state index contributed by atoms with van der Waals surface area (Å²) < 4.78 is 29.2. The molecular weight excluding hydrogens is 512 g/mol. The molecular formula is C26H30ClF2N9. The molecule has 1 aliphatic carbocycles. The van der Waals surface area contributed by atoms with Gasteiger partial charge >= 0.3 is 0 Å². The Hall–Kier alpha value is -3.62. The molecule has 0 saturated heterocycles. The first-order chi connectivity index (χ1) is 18.0. The predicted molar refractivity (Wildman–Crippen MR) is 143 cm³/mol. The van der Waals surface area contributed by atoms with E-state index >= 15 is 0 Å². The standard InChI is InChI=1S/C26H30ClF2N9/c1-25(2,3)14-32-21-15(11-30)12-31-22-17(21)9-16(10-18(22)27)34-23(20-5-8-33-37(20)4)19-13-38(36-35-19)26(6-7-26)24(28)29/h5,8-10,12-13,23-24,34-36H,6-7,14H2,1-4H3,(H,31,32)/t23-/m1/s1. The van der Waals surface area contributed by atoms with Gasteiger partial charge in [0.2, 0.25) is 0 Å². The van der Waals surface area contributed by atoms with E-state index in [-0.39, 0.29) is 5.41 Å². The lowest BCUT2D eigenvalue weighted by atomic mass is 9.96. The average molecular weight is 542 g/mol. The first kappa shape index (κ1) is 26.0.